The number of rotatable bonds is 5. The van der Waals surface area contributed by atoms with Crippen LogP contribution in [0.15, 0.2) is 60.7 Å². The van der Waals surface area contributed by atoms with Crippen LogP contribution in [0.25, 0.3) is 10.8 Å². The van der Waals surface area contributed by atoms with E-state index in [1.54, 1.807) is 18.2 Å². The Balaban J connectivity index is 1.82. The molecule has 0 aliphatic rings. The Morgan fingerprint density at radius 1 is 0.920 bits per heavy atom. The molecule has 3 rings (SSSR count). The number of phenolic OH excluding ortho intramolecular Hbond substituents is 1. The number of phenols is 1. The number of carbonyl (C=O) groups excluding carboxylic acids is 2. The number of Topliss-reactive ketones (excluding diaryl/α,β-unsaturated/α-hetero) is 2. The van der Waals surface area contributed by atoms with E-state index < -0.39 is 22.9 Å². The predicted octanol–water partition coefficient (Wildman–Crippen LogP) is 3.91. The van der Waals surface area contributed by atoms with E-state index in [0.29, 0.717) is 5.56 Å². The molecule has 0 amide bonds. The second-order valence-electron chi connectivity index (χ2n) is 5.54. The maximum absolute atomic E-state index is 12.3. The Morgan fingerprint density at radius 2 is 1.64 bits per heavy atom. The molecule has 0 radical (unpaired) electrons. The lowest BCUT2D eigenvalue weighted by Gasteiger charge is -2.05. The summed E-state index contributed by atoms with van der Waals surface area (Å²) in [5.74, 6) is -1.48. The summed E-state index contributed by atoms with van der Waals surface area (Å²) < 4.78 is 0. The topological polar surface area (TPSA) is 97.5 Å². The summed E-state index contributed by atoms with van der Waals surface area (Å²) in [7, 11) is 0. The first-order chi connectivity index (χ1) is 12.0. The maximum atomic E-state index is 12.3. The van der Waals surface area contributed by atoms with Crippen molar-refractivity contribution in [3.8, 4) is 5.75 Å². The zero-order chi connectivity index (χ0) is 18.0. The van der Waals surface area contributed by atoms with Crippen LogP contribution >= 0.6 is 0 Å². The molecule has 0 atom stereocenters. The highest BCUT2D eigenvalue weighted by Gasteiger charge is 2.19. The standard InChI is InChI=1S/C19H13NO5/c21-17(14-6-5-12-3-1-2-4-13(12)9-14)11-19(23)16-8-7-15(20(24)25)10-18(16)22/h1-10,22H,11H2. The molecule has 124 valence electrons. The van der Waals surface area contributed by atoms with E-state index in [2.05, 4.69) is 0 Å². The third kappa shape index (κ3) is 3.37. The van der Waals surface area contributed by atoms with E-state index in [-0.39, 0.29) is 17.0 Å². The molecule has 0 aliphatic carbocycles. The smallest absolute Gasteiger partial charge is 0.273 e. The Hall–Kier alpha value is -3.54. The summed E-state index contributed by atoms with van der Waals surface area (Å²) in [6.45, 7) is 0. The van der Waals surface area contributed by atoms with Crippen molar-refractivity contribution in [3.63, 3.8) is 0 Å². The molecule has 3 aromatic rings. The highest BCUT2D eigenvalue weighted by Crippen LogP contribution is 2.25. The van der Waals surface area contributed by atoms with E-state index >= 15 is 0 Å². The van der Waals surface area contributed by atoms with Crippen molar-refractivity contribution in [3.05, 3.63) is 81.9 Å². The molecule has 0 aromatic heterocycles. The van der Waals surface area contributed by atoms with E-state index in [4.69, 9.17) is 0 Å². The molecule has 1 N–H and O–H groups in total. The van der Waals surface area contributed by atoms with Crippen molar-refractivity contribution in [1.29, 1.82) is 0 Å². The Kier molecular flexibility index (Phi) is 4.26. The van der Waals surface area contributed by atoms with E-state index in [1.165, 1.54) is 0 Å². The summed E-state index contributed by atoms with van der Waals surface area (Å²) in [6.07, 6.45) is -0.427. The summed E-state index contributed by atoms with van der Waals surface area (Å²) in [5.41, 5.74) is -0.0388. The molecule has 6 heteroatoms. The molecule has 3 aromatic carbocycles. The quantitative estimate of drug-likeness (QED) is 0.330. The Bertz CT molecular complexity index is 1010. The molecule has 0 unspecified atom stereocenters. The van der Waals surface area contributed by atoms with Gasteiger partial charge in [0.1, 0.15) is 5.75 Å². The van der Waals surface area contributed by atoms with Gasteiger partial charge in [-0.15, -0.1) is 0 Å². The van der Waals surface area contributed by atoms with Gasteiger partial charge in [-0.1, -0.05) is 36.4 Å². The number of carbonyl (C=O) groups is 2. The van der Waals surface area contributed by atoms with Crippen LogP contribution in [0, 0.1) is 10.1 Å². The first-order valence-electron chi connectivity index (χ1n) is 7.48. The molecule has 0 fully saturated rings. The lowest BCUT2D eigenvalue weighted by Crippen LogP contribution is -2.09. The lowest BCUT2D eigenvalue weighted by atomic mass is 9.98. The van der Waals surface area contributed by atoms with Crippen LogP contribution in [0.5, 0.6) is 5.75 Å². The van der Waals surface area contributed by atoms with Crippen molar-refractivity contribution in [2.24, 2.45) is 0 Å². The fourth-order valence-corrected chi connectivity index (χ4v) is 2.58. The number of hydrogen-bond donors (Lipinski definition) is 1. The molecule has 0 aliphatic heterocycles. The summed E-state index contributed by atoms with van der Waals surface area (Å²) >= 11 is 0. The first-order valence-corrected chi connectivity index (χ1v) is 7.48. The monoisotopic (exact) mass is 335 g/mol. The number of ketones is 2. The van der Waals surface area contributed by atoms with Gasteiger partial charge in [-0.25, -0.2) is 0 Å². The number of nitrogens with zero attached hydrogens (tertiary/aromatic N) is 1. The molecule has 0 spiro atoms. The number of aromatic hydroxyl groups is 1. The van der Waals surface area contributed by atoms with E-state index in [1.807, 2.05) is 24.3 Å². The van der Waals surface area contributed by atoms with Crippen molar-refractivity contribution in [2.75, 3.05) is 0 Å². The molecular weight excluding hydrogens is 322 g/mol. The van der Waals surface area contributed by atoms with Crippen molar-refractivity contribution >= 4 is 28.0 Å². The number of hydrogen-bond acceptors (Lipinski definition) is 5. The van der Waals surface area contributed by atoms with Gasteiger partial charge in [-0.3, -0.25) is 19.7 Å². The second kappa shape index (κ2) is 6.52. The zero-order valence-electron chi connectivity index (χ0n) is 13.0. The fraction of sp³-hybridized carbons (Fsp3) is 0.0526. The largest absolute Gasteiger partial charge is 0.507 e. The lowest BCUT2D eigenvalue weighted by molar-refractivity contribution is -0.384. The van der Waals surface area contributed by atoms with Gasteiger partial charge in [-0.2, -0.15) is 0 Å². The van der Waals surface area contributed by atoms with Crippen molar-refractivity contribution in [1.82, 2.24) is 0 Å². The van der Waals surface area contributed by atoms with Gasteiger partial charge in [0.25, 0.3) is 5.69 Å². The molecule has 0 saturated carbocycles. The minimum absolute atomic E-state index is 0.111. The summed E-state index contributed by atoms with van der Waals surface area (Å²) in [4.78, 5) is 34.6. The number of non-ortho nitro benzene ring substituents is 1. The normalized spacial score (nSPS) is 10.6. The van der Waals surface area contributed by atoms with Crippen molar-refractivity contribution < 1.29 is 19.6 Å². The minimum atomic E-state index is -0.672. The molecule has 0 heterocycles. The SMILES string of the molecule is O=C(CC(=O)c1ccc([N+](=O)[O-])cc1O)c1ccc2ccccc2c1. The van der Waals surface area contributed by atoms with Crippen molar-refractivity contribution in [2.45, 2.75) is 6.42 Å². The average molecular weight is 335 g/mol. The summed E-state index contributed by atoms with van der Waals surface area (Å²) in [5, 5.41) is 22.3. The van der Waals surface area contributed by atoms with Crippen LogP contribution in [0.4, 0.5) is 5.69 Å². The van der Waals surface area contributed by atoms with Gasteiger partial charge < -0.3 is 5.11 Å². The van der Waals surface area contributed by atoms with E-state index in [0.717, 1.165) is 29.0 Å². The predicted molar refractivity (Wildman–Crippen MR) is 92.0 cm³/mol. The van der Waals surface area contributed by atoms with Crippen LogP contribution in [-0.2, 0) is 0 Å². The molecule has 0 saturated heterocycles. The first kappa shape index (κ1) is 16.3. The van der Waals surface area contributed by atoms with Crippen LogP contribution < -0.4 is 0 Å². The van der Waals surface area contributed by atoms with Gasteiger partial charge in [0.05, 0.1) is 23.0 Å². The van der Waals surface area contributed by atoms with Crippen LogP contribution in [0.2, 0.25) is 0 Å². The van der Waals surface area contributed by atoms with E-state index in [9.17, 15) is 24.8 Å². The van der Waals surface area contributed by atoms with Gasteiger partial charge in [-0.05, 0) is 22.9 Å². The number of nitro groups is 1. The second-order valence-corrected chi connectivity index (χ2v) is 5.54. The van der Waals surface area contributed by atoms with Crippen LogP contribution in [0.3, 0.4) is 0 Å². The Labute approximate surface area is 142 Å². The molecular formula is C19H13NO5. The van der Waals surface area contributed by atoms with Crippen LogP contribution in [0.1, 0.15) is 27.1 Å². The average Bonchev–Trinajstić information content (AvgIpc) is 2.60. The molecule has 6 nitrogen and oxygen atoms in total. The number of fused-ring (bicyclic) bond motifs is 1. The third-order valence-electron chi connectivity index (χ3n) is 3.89. The minimum Gasteiger partial charge on any atom is -0.507 e. The van der Waals surface area contributed by atoms with Gasteiger partial charge in [0.2, 0.25) is 0 Å². The summed E-state index contributed by atoms with van der Waals surface area (Å²) in [6, 6.07) is 15.9. The fourth-order valence-electron chi connectivity index (χ4n) is 2.58. The highest BCUT2D eigenvalue weighted by atomic mass is 16.6. The third-order valence-corrected chi connectivity index (χ3v) is 3.89. The molecule has 0 bridgehead atoms. The van der Waals surface area contributed by atoms with Gasteiger partial charge in [0, 0.05) is 11.6 Å². The number of nitro benzene ring substituents is 1. The van der Waals surface area contributed by atoms with Gasteiger partial charge in [0.15, 0.2) is 11.6 Å². The van der Waals surface area contributed by atoms with Gasteiger partial charge >= 0.3 is 0 Å². The zero-order valence-corrected chi connectivity index (χ0v) is 13.0. The molecule has 25 heavy (non-hydrogen) atoms. The highest BCUT2D eigenvalue weighted by molar-refractivity contribution is 6.15. The maximum Gasteiger partial charge on any atom is 0.273 e. The number of benzene rings is 3. The van der Waals surface area contributed by atoms with Crippen LogP contribution in [-0.4, -0.2) is 21.6 Å². The Morgan fingerprint density at radius 3 is 2.32 bits per heavy atom.